The molecule has 0 atom stereocenters. The largest absolute Gasteiger partial charge is 0.492 e. The number of amides is 2. The summed E-state index contributed by atoms with van der Waals surface area (Å²) in [5, 5.41) is 2.41. The molecule has 10 heteroatoms. The van der Waals surface area contributed by atoms with Crippen LogP contribution < -0.4 is 19.7 Å². The lowest BCUT2D eigenvalue weighted by atomic mass is 10.1. The van der Waals surface area contributed by atoms with Crippen LogP contribution in [0.4, 0.5) is 24.5 Å². The van der Waals surface area contributed by atoms with Crippen LogP contribution in [0.25, 0.3) is 0 Å². The van der Waals surface area contributed by atoms with E-state index in [1.165, 1.54) is 4.90 Å². The molecule has 1 heterocycles. The SMILES string of the molecule is CCOc1ccc(C(F)(F)F)cc1NC(=O)CN1C(=O)COc2cc(Br)ccc21. The van der Waals surface area contributed by atoms with Crippen LogP contribution in [0.5, 0.6) is 11.5 Å². The summed E-state index contributed by atoms with van der Waals surface area (Å²) < 4.78 is 50.4. The predicted molar refractivity (Wildman–Crippen MR) is 103 cm³/mol. The zero-order chi connectivity index (χ0) is 21.2. The predicted octanol–water partition coefficient (Wildman–Crippen LogP) is 4.23. The van der Waals surface area contributed by atoms with Crippen molar-refractivity contribution >= 4 is 39.1 Å². The lowest BCUT2D eigenvalue weighted by Gasteiger charge is -2.29. The summed E-state index contributed by atoms with van der Waals surface area (Å²) in [5.74, 6) is -0.592. The Kier molecular flexibility index (Phi) is 6.02. The average Bonchev–Trinajstić information content (AvgIpc) is 2.65. The number of anilines is 2. The molecule has 3 rings (SSSR count). The van der Waals surface area contributed by atoms with Gasteiger partial charge in [0.25, 0.3) is 5.91 Å². The van der Waals surface area contributed by atoms with Gasteiger partial charge in [0.2, 0.25) is 5.91 Å². The Bertz CT molecular complexity index is 950. The smallest absolute Gasteiger partial charge is 0.416 e. The van der Waals surface area contributed by atoms with Crippen molar-refractivity contribution in [3.05, 3.63) is 46.4 Å². The van der Waals surface area contributed by atoms with Gasteiger partial charge in [-0.25, -0.2) is 0 Å². The summed E-state index contributed by atoms with van der Waals surface area (Å²) in [6.07, 6.45) is -4.57. The number of benzene rings is 2. The van der Waals surface area contributed by atoms with E-state index in [0.717, 1.165) is 22.7 Å². The molecule has 1 N–H and O–H groups in total. The number of alkyl halides is 3. The van der Waals surface area contributed by atoms with E-state index in [4.69, 9.17) is 9.47 Å². The normalized spacial score (nSPS) is 13.6. The maximum Gasteiger partial charge on any atom is 0.416 e. The van der Waals surface area contributed by atoms with Crippen LogP contribution in [0.3, 0.4) is 0 Å². The van der Waals surface area contributed by atoms with Gasteiger partial charge in [-0.3, -0.25) is 14.5 Å². The quantitative estimate of drug-likeness (QED) is 0.706. The van der Waals surface area contributed by atoms with Gasteiger partial charge in [0.1, 0.15) is 18.0 Å². The van der Waals surface area contributed by atoms with Crippen molar-refractivity contribution in [2.45, 2.75) is 13.1 Å². The molecular formula is C19H16BrF3N2O4. The number of nitrogens with zero attached hydrogens (tertiary/aromatic N) is 1. The fourth-order valence-corrected chi connectivity index (χ4v) is 3.11. The van der Waals surface area contributed by atoms with Gasteiger partial charge >= 0.3 is 6.18 Å². The van der Waals surface area contributed by atoms with E-state index in [1.807, 2.05) is 0 Å². The topological polar surface area (TPSA) is 67.9 Å². The molecule has 6 nitrogen and oxygen atoms in total. The van der Waals surface area contributed by atoms with Crippen LogP contribution in [-0.4, -0.2) is 31.6 Å². The van der Waals surface area contributed by atoms with E-state index in [-0.39, 0.29) is 24.7 Å². The van der Waals surface area contributed by atoms with E-state index >= 15 is 0 Å². The standard InChI is InChI=1S/C19H16BrF3N2O4/c1-2-28-15-6-3-11(19(21,22)23)7-13(15)24-17(26)9-25-14-5-4-12(20)8-16(14)29-10-18(25)27/h3-8H,2,9-10H2,1H3,(H,24,26). The van der Waals surface area contributed by atoms with Gasteiger partial charge in [0.05, 0.1) is 23.5 Å². The Balaban J connectivity index is 1.83. The van der Waals surface area contributed by atoms with Crippen molar-refractivity contribution in [1.82, 2.24) is 0 Å². The molecule has 0 saturated heterocycles. The lowest BCUT2D eigenvalue weighted by Crippen LogP contribution is -2.43. The Hall–Kier alpha value is -2.75. The first-order chi connectivity index (χ1) is 13.7. The van der Waals surface area contributed by atoms with Gasteiger partial charge in [-0.15, -0.1) is 0 Å². The number of hydrogen-bond acceptors (Lipinski definition) is 4. The first-order valence-corrected chi connectivity index (χ1v) is 9.35. The molecule has 2 aromatic rings. The minimum Gasteiger partial charge on any atom is -0.492 e. The van der Waals surface area contributed by atoms with Crippen molar-refractivity contribution in [2.75, 3.05) is 30.0 Å². The summed E-state index contributed by atoms with van der Waals surface area (Å²) >= 11 is 3.30. The van der Waals surface area contributed by atoms with Crippen molar-refractivity contribution < 1.29 is 32.2 Å². The van der Waals surface area contributed by atoms with Gasteiger partial charge in [-0.1, -0.05) is 15.9 Å². The number of carbonyl (C=O) groups is 2. The number of nitrogens with one attached hydrogen (secondary N) is 1. The number of rotatable bonds is 5. The zero-order valence-corrected chi connectivity index (χ0v) is 16.8. The first kappa shape index (κ1) is 21.0. The molecule has 29 heavy (non-hydrogen) atoms. The molecule has 1 aliphatic rings. The van der Waals surface area contributed by atoms with E-state index in [9.17, 15) is 22.8 Å². The Morgan fingerprint density at radius 2 is 2.03 bits per heavy atom. The first-order valence-electron chi connectivity index (χ1n) is 8.55. The summed E-state index contributed by atoms with van der Waals surface area (Å²) in [6, 6.07) is 7.78. The highest BCUT2D eigenvalue weighted by Crippen LogP contribution is 2.36. The molecule has 0 saturated carbocycles. The summed E-state index contributed by atoms with van der Waals surface area (Å²) in [5.41, 5.74) is -0.647. The second-order valence-corrected chi connectivity index (χ2v) is 6.99. The molecule has 2 amide bonds. The highest BCUT2D eigenvalue weighted by atomic mass is 79.9. The van der Waals surface area contributed by atoms with E-state index < -0.39 is 30.1 Å². The van der Waals surface area contributed by atoms with Crippen molar-refractivity contribution in [2.24, 2.45) is 0 Å². The monoisotopic (exact) mass is 472 g/mol. The second-order valence-electron chi connectivity index (χ2n) is 6.07. The second kappa shape index (κ2) is 8.32. The maximum atomic E-state index is 13.0. The molecule has 2 aromatic carbocycles. The Labute approximate surface area is 172 Å². The van der Waals surface area contributed by atoms with Crippen molar-refractivity contribution in [1.29, 1.82) is 0 Å². The third-order valence-corrected chi connectivity index (χ3v) is 4.54. The highest BCUT2D eigenvalue weighted by Gasteiger charge is 2.32. The number of hydrogen-bond donors (Lipinski definition) is 1. The van der Waals surface area contributed by atoms with Gasteiger partial charge in [0, 0.05) is 4.47 Å². The van der Waals surface area contributed by atoms with Crippen LogP contribution in [0.15, 0.2) is 40.9 Å². The van der Waals surface area contributed by atoms with Crippen LogP contribution in [-0.2, 0) is 15.8 Å². The van der Waals surface area contributed by atoms with Crippen molar-refractivity contribution in [3.63, 3.8) is 0 Å². The molecule has 0 spiro atoms. The minimum absolute atomic E-state index is 0.103. The zero-order valence-electron chi connectivity index (χ0n) is 15.2. The molecule has 1 aliphatic heterocycles. The van der Waals surface area contributed by atoms with E-state index in [2.05, 4.69) is 21.2 Å². The van der Waals surface area contributed by atoms with Gasteiger partial charge in [-0.05, 0) is 43.3 Å². The highest BCUT2D eigenvalue weighted by molar-refractivity contribution is 9.10. The fraction of sp³-hybridized carbons (Fsp3) is 0.263. The molecule has 0 aromatic heterocycles. The van der Waals surface area contributed by atoms with Crippen molar-refractivity contribution in [3.8, 4) is 11.5 Å². The van der Waals surface area contributed by atoms with Gasteiger partial charge in [0.15, 0.2) is 6.61 Å². The number of ether oxygens (including phenoxy) is 2. The molecular weight excluding hydrogens is 457 g/mol. The molecule has 0 aliphatic carbocycles. The molecule has 154 valence electrons. The van der Waals surface area contributed by atoms with Crippen LogP contribution >= 0.6 is 15.9 Å². The summed E-state index contributed by atoms with van der Waals surface area (Å²) in [6.45, 7) is 1.24. The van der Waals surface area contributed by atoms with E-state index in [0.29, 0.717) is 11.4 Å². The third-order valence-electron chi connectivity index (χ3n) is 4.05. The van der Waals surface area contributed by atoms with Crippen LogP contribution in [0, 0.1) is 0 Å². The Morgan fingerprint density at radius 1 is 1.28 bits per heavy atom. The number of carbonyl (C=O) groups excluding carboxylic acids is 2. The molecule has 0 bridgehead atoms. The number of halogens is 4. The lowest BCUT2D eigenvalue weighted by molar-refractivity contribution is -0.137. The van der Waals surface area contributed by atoms with E-state index in [1.54, 1.807) is 25.1 Å². The summed E-state index contributed by atoms with van der Waals surface area (Å²) in [7, 11) is 0. The average molecular weight is 473 g/mol. The minimum atomic E-state index is -4.57. The number of fused-ring (bicyclic) bond motifs is 1. The molecule has 0 radical (unpaired) electrons. The van der Waals surface area contributed by atoms with Gasteiger partial charge in [-0.2, -0.15) is 13.2 Å². The third kappa shape index (κ3) is 4.81. The molecule has 0 fully saturated rings. The summed E-state index contributed by atoms with van der Waals surface area (Å²) in [4.78, 5) is 26.0. The van der Waals surface area contributed by atoms with Gasteiger partial charge < -0.3 is 14.8 Å². The Morgan fingerprint density at radius 3 is 2.72 bits per heavy atom. The fourth-order valence-electron chi connectivity index (χ4n) is 2.77. The maximum absolute atomic E-state index is 13.0. The van der Waals surface area contributed by atoms with Crippen LogP contribution in [0.2, 0.25) is 0 Å². The van der Waals surface area contributed by atoms with Crippen LogP contribution in [0.1, 0.15) is 12.5 Å². The molecule has 0 unspecified atom stereocenters.